The molecular weight excluding hydrogens is 342 g/mol. The minimum atomic E-state index is -1.04. The van der Waals surface area contributed by atoms with Gasteiger partial charge < -0.3 is 14.7 Å². The summed E-state index contributed by atoms with van der Waals surface area (Å²) in [4.78, 5) is 26.2. The summed E-state index contributed by atoms with van der Waals surface area (Å²) in [5.41, 5.74) is 0.899. The second-order valence-electron chi connectivity index (χ2n) is 7.67. The highest BCUT2D eigenvalue weighted by Crippen LogP contribution is 2.36. The lowest BCUT2D eigenvalue weighted by Crippen LogP contribution is -2.29. The summed E-state index contributed by atoms with van der Waals surface area (Å²) in [5, 5.41) is 9.54. The Labute approximate surface area is 161 Å². The Bertz CT molecular complexity index is 681. The number of hydrogen-bond donors (Lipinski definition) is 1. The normalized spacial score (nSPS) is 22.4. The average molecular weight is 371 g/mol. The van der Waals surface area contributed by atoms with E-state index in [9.17, 15) is 14.7 Å². The predicted molar refractivity (Wildman–Crippen MR) is 104 cm³/mol. The SMILES string of the molecule is CCCOc1ccc(/C=C(\CC(=O)N2C[C@H]3CCCC[C@H]3C2)C(=O)O)cc1. The summed E-state index contributed by atoms with van der Waals surface area (Å²) < 4.78 is 5.54. The highest BCUT2D eigenvalue weighted by Gasteiger charge is 2.36. The van der Waals surface area contributed by atoms with Crippen LogP contribution in [0.25, 0.3) is 6.08 Å². The molecule has 0 bridgehead atoms. The van der Waals surface area contributed by atoms with Gasteiger partial charge in [-0.3, -0.25) is 4.79 Å². The summed E-state index contributed by atoms with van der Waals surface area (Å²) in [6.07, 6.45) is 7.37. The van der Waals surface area contributed by atoms with E-state index in [1.54, 1.807) is 6.08 Å². The van der Waals surface area contributed by atoms with Crippen LogP contribution in [-0.4, -0.2) is 41.6 Å². The molecule has 0 unspecified atom stereocenters. The van der Waals surface area contributed by atoms with Crippen LogP contribution in [0, 0.1) is 11.8 Å². The number of carbonyl (C=O) groups excluding carboxylic acids is 1. The smallest absolute Gasteiger partial charge is 0.332 e. The number of carboxylic acid groups (broad SMARTS) is 1. The van der Waals surface area contributed by atoms with Crippen LogP contribution < -0.4 is 4.74 Å². The monoisotopic (exact) mass is 371 g/mol. The summed E-state index contributed by atoms with van der Waals surface area (Å²) in [5.74, 6) is 0.875. The number of amides is 1. The Balaban J connectivity index is 1.64. The van der Waals surface area contributed by atoms with E-state index in [-0.39, 0.29) is 17.9 Å². The summed E-state index contributed by atoms with van der Waals surface area (Å²) in [6, 6.07) is 7.30. The van der Waals surface area contributed by atoms with Gasteiger partial charge in [0.15, 0.2) is 0 Å². The Hall–Kier alpha value is -2.30. The molecule has 2 aliphatic rings. The van der Waals surface area contributed by atoms with E-state index >= 15 is 0 Å². The van der Waals surface area contributed by atoms with Crippen molar-refractivity contribution in [1.82, 2.24) is 4.90 Å². The topological polar surface area (TPSA) is 66.8 Å². The zero-order valence-corrected chi connectivity index (χ0v) is 16.0. The third-order valence-electron chi connectivity index (χ3n) is 5.64. The van der Waals surface area contributed by atoms with Crippen LogP contribution in [0.4, 0.5) is 0 Å². The van der Waals surface area contributed by atoms with Crippen molar-refractivity contribution in [2.75, 3.05) is 19.7 Å². The van der Waals surface area contributed by atoms with Crippen LogP contribution >= 0.6 is 0 Å². The molecule has 0 radical (unpaired) electrons. The van der Waals surface area contributed by atoms with Crippen molar-refractivity contribution in [3.63, 3.8) is 0 Å². The van der Waals surface area contributed by atoms with Crippen molar-refractivity contribution in [3.05, 3.63) is 35.4 Å². The fourth-order valence-corrected chi connectivity index (χ4v) is 4.15. The zero-order chi connectivity index (χ0) is 19.2. The molecule has 3 rings (SSSR count). The summed E-state index contributed by atoms with van der Waals surface area (Å²) >= 11 is 0. The van der Waals surface area contributed by atoms with Crippen molar-refractivity contribution in [1.29, 1.82) is 0 Å². The molecule has 0 aromatic heterocycles. The molecule has 1 aliphatic heterocycles. The maximum Gasteiger partial charge on any atom is 0.332 e. The molecule has 1 heterocycles. The molecule has 0 spiro atoms. The van der Waals surface area contributed by atoms with Crippen molar-refractivity contribution < 1.29 is 19.4 Å². The molecule has 1 amide bonds. The maximum absolute atomic E-state index is 12.7. The molecule has 5 heteroatoms. The minimum Gasteiger partial charge on any atom is -0.494 e. The minimum absolute atomic E-state index is 0.0527. The van der Waals surface area contributed by atoms with E-state index in [1.165, 1.54) is 25.7 Å². The number of fused-ring (bicyclic) bond motifs is 1. The number of carbonyl (C=O) groups is 2. The van der Waals surface area contributed by atoms with Gasteiger partial charge in [-0.25, -0.2) is 4.79 Å². The molecule has 1 aromatic carbocycles. The molecule has 27 heavy (non-hydrogen) atoms. The van der Waals surface area contributed by atoms with Crippen molar-refractivity contribution >= 4 is 18.0 Å². The van der Waals surface area contributed by atoms with Crippen LogP contribution in [0.3, 0.4) is 0 Å². The van der Waals surface area contributed by atoms with Crippen LogP contribution in [0.5, 0.6) is 5.75 Å². The summed E-state index contributed by atoms with van der Waals surface area (Å²) in [7, 11) is 0. The first kappa shape index (κ1) is 19.5. The number of nitrogens with zero attached hydrogens (tertiary/aromatic N) is 1. The molecule has 2 fully saturated rings. The Morgan fingerprint density at radius 2 is 1.78 bits per heavy atom. The molecule has 1 aliphatic carbocycles. The quantitative estimate of drug-likeness (QED) is 0.736. The van der Waals surface area contributed by atoms with Gasteiger partial charge in [0, 0.05) is 18.7 Å². The average Bonchev–Trinajstić information content (AvgIpc) is 3.11. The predicted octanol–water partition coefficient (Wildman–Crippen LogP) is 3.98. The number of benzene rings is 1. The van der Waals surface area contributed by atoms with E-state index < -0.39 is 5.97 Å². The fraction of sp³-hybridized carbons (Fsp3) is 0.545. The number of ether oxygens (including phenoxy) is 1. The van der Waals surface area contributed by atoms with Gasteiger partial charge in [0.25, 0.3) is 0 Å². The zero-order valence-electron chi connectivity index (χ0n) is 16.0. The Morgan fingerprint density at radius 1 is 1.15 bits per heavy atom. The van der Waals surface area contributed by atoms with Gasteiger partial charge in [0.1, 0.15) is 5.75 Å². The highest BCUT2D eigenvalue weighted by atomic mass is 16.5. The number of hydrogen-bond acceptors (Lipinski definition) is 3. The van der Waals surface area contributed by atoms with Gasteiger partial charge in [-0.1, -0.05) is 31.9 Å². The van der Waals surface area contributed by atoms with E-state index in [0.717, 1.165) is 30.8 Å². The van der Waals surface area contributed by atoms with E-state index in [4.69, 9.17) is 4.74 Å². The van der Waals surface area contributed by atoms with E-state index in [2.05, 4.69) is 0 Å². The van der Waals surface area contributed by atoms with Crippen LogP contribution in [0.1, 0.15) is 51.0 Å². The van der Waals surface area contributed by atoms with Crippen LogP contribution in [0.2, 0.25) is 0 Å². The van der Waals surface area contributed by atoms with Gasteiger partial charge in [-0.15, -0.1) is 0 Å². The Kier molecular flexibility index (Phi) is 6.54. The van der Waals surface area contributed by atoms with Gasteiger partial charge in [0.05, 0.1) is 13.0 Å². The molecule has 146 valence electrons. The van der Waals surface area contributed by atoms with Gasteiger partial charge in [0.2, 0.25) is 5.91 Å². The second-order valence-corrected chi connectivity index (χ2v) is 7.67. The van der Waals surface area contributed by atoms with Crippen LogP contribution in [0.15, 0.2) is 29.8 Å². The third-order valence-corrected chi connectivity index (χ3v) is 5.64. The first-order valence-corrected chi connectivity index (χ1v) is 10.0. The molecule has 1 aromatic rings. The van der Waals surface area contributed by atoms with Crippen molar-refractivity contribution in [3.8, 4) is 5.75 Å². The molecule has 1 N–H and O–H groups in total. The number of likely N-dealkylation sites (tertiary alicyclic amines) is 1. The largest absolute Gasteiger partial charge is 0.494 e. The standard InChI is InChI=1S/C22H29NO4/c1-2-11-27-20-9-7-16(8-10-20)12-19(22(25)26)13-21(24)23-14-17-5-3-4-6-18(17)15-23/h7-10,12,17-18H,2-6,11,13-15H2,1H3,(H,25,26)/b19-12+/t17-,18+. The maximum atomic E-state index is 12.7. The lowest BCUT2D eigenvalue weighted by molar-refractivity contribution is -0.136. The van der Waals surface area contributed by atoms with Gasteiger partial charge in [-0.05, 0) is 54.9 Å². The molecule has 5 nitrogen and oxygen atoms in total. The lowest BCUT2D eigenvalue weighted by atomic mass is 9.82. The van der Waals surface area contributed by atoms with Gasteiger partial charge >= 0.3 is 5.97 Å². The Morgan fingerprint density at radius 3 is 2.33 bits per heavy atom. The number of rotatable bonds is 7. The molecule has 1 saturated carbocycles. The first-order valence-electron chi connectivity index (χ1n) is 10.0. The first-order chi connectivity index (χ1) is 13.1. The van der Waals surface area contributed by atoms with Crippen molar-refractivity contribution in [2.24, 2.45) is 11.8 Å². The van der Waals surface area contributed by atoms with Crippen LogP contribution in [-0.2, 0) is 9.59 Å². The second kappa shape index (κ2) is 9.07. The number of aliphatic carboxylic acids is 1. The third kappa shape index (κ3) is 5.12. The van der Waals surface area contributed by atoms with E-state index in [0.29, 0.717) is 18.4 Å². The highest BCUT2D eigenvalue weighted by molar-refractivity contribution is 5.98. The van der Waals surface area contributed by atoms with E-state index in [1.807, 2.05) is 36.1 Å². The van der Waals surface area contributed by atoms with Crippen molar-refractivity contribution in [2.45, 2.75) is 45.4 Å². The molecular formula is C22H29NO4. The summed E-state index contributed by atoms with van der Waals surface area (Å²) in [6.45, 7) is 4.28. The fourth-order valence-electron chi connectivity index (χ4n) is 4.15. The molecule has 1 saturated heterocycles. The van der Waals surface area contributed by atoms with Gasteiger partial charge in [-0.2, -0.15) is 0 Å². The number of carboxylic acids is 1. The molecule has 2 atom stereocenters. The lowest BCUT2D eigenvalue weighted by Gasteiger charge is -2.22.